The Bertz CT molecular complexity index is 720. The average molecular weight is 487 g/mol. The monoisotopic (exact) mass is 486 g/mol. The van der Waals surface area contributed by atoms with Crippen LogP contribution in [0.15, 0.2) is 0 Å². The first-order valence-electron chi connectivity index (χ1n) is 11.7. The second-order valence-electron chi connectivity index (χ2n) is 10.6. The van der Waals surface area contributed by atoms with E-state index in [1.165, 1.54) is 7.11 Å². The predicted octanol–water partition coefficient (Wildman–Crippen LogP) is 2.07. The molecule has 1 atom stereocenters. The van der Waals surface area contributed by atoms with E-state index in [1.54, 1.807) is 46.4 Å². The molecular weight excluding hydrogens is 444 g/mol. The molecule has 1 heterocycles. The lowest BCUT2D eigenvalue weighted by Crippen LogP contribution is -2.62. The first-order valence-corrected chi connectivity index (χ1v) is 11.7. The number of nitrogens with one attached hydrogen (secondary N) is 2. The molecule has 0 aromatic heterocycles. The van der Waals surface area contributed by atoms with Crippen molar-refractivity contribution in [3.05, 3.63) is 0 Å². The number of likely N-dealkylation sites (tertiary alicyclic amines) is 1. The van der Waals surface area contributed by atoms with E-state index in [-0.39, 0.29) is 31.8 Å². The topological polar surface area (TPSA) is 149 Å². The highest BCUT2D eigenvalue weighted by Crippen LogP contribution is 2.25. The van der Waals surface area contributed by atoms with E-state index in [1.807, 2.05) is 0 Å². The first kappa shape index (κ1) is 29.5. The summed E-state index contributed by atoms with van der Waals surface area (Å²) in [6.07, 6.45) is 0.969. The van der Waals surface area contributed by atoms with Crippen LogP contribution in [-0.2, 0) is 23.8 Å². The maximum atomic E-state index is 12.8. The zero-order valence-electron chi connectivity index (χ0n) is 21.6. The molecule has 11 heteroatoms. The molecule has 0 aliphatic carbocycles. The predicted molar refractivity (Wildman–Crippen MR) is 126 cm³/mol. The minimum absolute atomic E-state index is 0.192. The van der Waals surface area contributed by atoms with E-state index in [4.69, 9.17) is 19.9 Å². The zero-order valence-corrected chi connectivity index (χ0v) is 21.6. The van der Waals surface area contributed by atoms with Crippen LogP contribution in [-0.4, -0.2) is 78.5 Å². The number of hydrogen-bond acceptors (Lipinski definition) is 8. The van der Waals surface area contributed by atoms with E-state index in [0.717, 1.165) is 0 Å². The van der Waals surface area contributed by atoms with E-state index in [0.29, 0.717) is 25.8 Å². The minimum atomic E-state index is -1.26. The van der Waals surface area contributed by atoms with E-state index in [2.05, 4.69) is 10.6 Å². The minimum Gasteiger partial charge on any atom is -0.467 e. The highest BCUT2D eigenvalue weighted by molar-refractivity contribution is 5.87. The lowest BCUT2D eigenvalue weighted by atomic mass is 9.87. The van der Waals surface area contributed by atoms with Crippen LogP contribution in [0.1, 0.15) is 73.6 Å². The smallest absolute Gasteiger partial charge is 0.408 e. The Morgan fingerprint density at radius 2 is 1.47 bits per heavy atom. The molecule has 196 valence electrons. The highest BCUT2D eigenvalue weighted by Gasteiger charge is 2.45. The molecule has 0 radical (unpaired) electrons. The van der Waals surface area contributed by atoms with Gasteiger partial charge in [-0.1, -0.05) is 0 Å². The van der Waals surface area contributed by atoms with E-state index < -0.39 is 40.9 Å². The molecule has 0 aromatic carbocycles. The number of nitrogens with two attached hydrogens (primary N) is 1. The van der Waals surface area contributed by atoms with Crippen LogP contribution in [0.3, 0.4) is 0 Å². The molecule has 0 bridgehead atoms. The van der Waals surface area contributed by atoms with Crippen LogP contribution in [0, 0.1) is 0 Å². The summed E-state index contributed by atoms with van der Waals surface area (Å²) >= 11 is 0. The Morgan fingerprint density at radius 3 is 1.97 bits per heavy atom. The number of piperidine rings is 1. The van der Waals surface area contributed by atoms with Crippen molar-refractivity contribution in [3.8, 4) is 0 Å². The van der Waals surface area contributed by atoms with Crippen molar-refractivity contribution in [1.29, 1.82) is 0 Å². The molecule has 1 aliphatic heterocycles. The second-order valence-corrected chi connectivity index (χ2v) is 10.6. The van der Waals surface area contributed by atoms with Gasteiger partial charge in [0.25, 0.3) is 0 Å². The lowest BCUT2D eigenvalue weighted by molar-refractivity contribution is -0.152. The van der Waals surface area contributed by atoms with Gasteiger partial charge in [0, 0.05) is 19.6 Å². The molecule has 1 fully saturated rings. The second kappa shape index (κ2) is 12.2. The summed E-state index contributed by atoms with van der Waals surface area (Å²) in [5.74, 6) is -0.789. The number of methoxy groups -OCH3 is 1. The van der Waals surface area contributed by atoms with Crippen molar-refractivity contribution < 1.29 is 33.4 Å². The van der Waals surface area contributed by atoms with Crippen LogP contribution < -0.4 is 16.4 Å². The van der Waals surface area contributed by atoms with Gasteiger partial charge < -0.3 is 35.5 Å². The van der Waals surface area contributed by atoms with Gasteiger partial charge in [0.05, 0.1) is 13.2 Å². The van der Waals surface area contributed by atoms with Gasteiger partial charge in [0.1, 0.15) is 16.7 Å². The molecule has 1 unspecified atom stereocenters. The standard InChI is InChI=1S/C23H42N4O7/c1-21(2,3)33-19(30)25-13-9-8-10-16(24)17(28)27-14-11-23(12-15-27,18(29)32-7)26-20(31)34-22(4,5)6/h16H,8-15,24H2,1-7H3,(H,25,30)(H,26,31). The van der Waals surface area contributed by atoms with Crippen molar-refractivity contribution in [2.75, 3.05) is 26.7 Å². The Hall–Kier alpha value is -2.56. The Morgan fingerprint density at radius 1 is 0.941 bits per heavy atom. The quantitative estimate of drug-likeness (QED) is 0.268. The number of nitrogens with zero attached hydrogens (tertiary/aromatic N) is 1. The van der Waals surface area contributed by atoms with Gasteiger partial charge in [-0.3, -0.25) is 4.79 Å². The zero-order chi connectivity index (χ0) is 26.2. The van der Waals surface area contributed by atoms with Crippen LogP contribution in [0.2, 0.25) is 0 Å². The van der Waals surface area contributed by atoms with Crippen molar-refractivity contribution in [1.82, 2.24) is 15.5 Å². The van der Waals surface area contributed by atoms with E-state index >= 15 is 0 Å². The average Bonchev–Trinajstić information content (AvgIpc) is 2.69. The molecule has 1 saturated heterocycles. The van der Waals surface area contributed by atoms with Gasteiger partial charge in [-0.05, 0) is 73.6 Å². The number of amides is 3. The summed E-state index contributed by atoms with van der Waals surface area (Å²) in [6.45, 7) is 11.5. The summed E-state index contributed by atoms with van der Waals surface area (Å²) < 4.78 is 15.4. The SMILES string of the molecule is COC(=O)C1(NC(=O)OC(C)(C)C)CCN(C(=O)C(N)CCCCNC(=O)OC(C)(C)C)CC1. The summed E-state index contributed by atoms with van der Waals surface area (Å²) in [4.78, 5) is 50.8. The largest absolute Gasteiger partial charge is 0.467 e. The number of carbonyl (C=O) groups excluding carboxylic acids is 4. The lowest BCUT2D eigenvalue weighted by Gasteiger charge is -2.40. The Balaban J connectivity index is 2.51. The number of unbranched alkanes of at least 4 members (excludes halogenated alkanes) is 1. The molecule has 34 heavy (non-hydrogen) atoms. The molecule has 11 nitrogen and oxygen atoms in total. The highest BCUT2D eigenvalue weighted by atomic mass is 16.6. The van der Waals surface area contributed by atoms with Crippen LogP contribution in [0.4, 0.5) is 9.59 Å². The third kappa shape index (κ3) is 10.1. The molecule has 0 aromatic rings. The molecule has 1 rings (SSSR count). The maximum absolute atomic E-state index is 12.8. The van der Waals surface area contributed by atoms with Gasteiger partial charge in [0.15, 0.2) is 0 Å². The van der Waals surface area contributed by atoms with Crippen LogP contribution in [0.25, 0.3) is 0 Å². The van der Waals surface area contributed by atoms with Crippen molar-refractivity contribution >= 4 is 24.1 Å². The summed E-state index contributed by atoms with van der Waals surface area (Å²) in [6, 6.07) is -0.689. The van der Waals surface area contributed by atoms with Gasteiger partial charge in [-0.15, -0.1) is 0 Å². The van der Waals surface area contributed by atoms with Gasteiger partial charge in [-0.2, -0.15) is 0 Å². The fourth-order valence-electron chi connectivity index (χ4n) is 3.54. The first-order chi connectivity index (χ1) is 15.6. The Kier molecular flexibility index (Phi) is 10.6. The third-order valence-electron chi connectivity index (χ3n) is 5.17. The number of hydrogen-bond donors (Lipinski definition) is 3. The number of carbonyl (C=O) groups is 4. The number of alkyl carbamates (subject to hydrolysis) is 2. The molecule has 3 amide bonds. The number of rotatable bonds is 8. The maximum Gasteiger partial charge on any atom is 0.408 e. The molecule has 0 saturated carbocycles. The van der Waals surface area contributed by atoms with Crippen LogP contribution >= 0.6 is 0 Å². The van der Waals surface area contributed by atoms with E-state index in [9.17, 15) is 19.2 Å². The van der Waals surface area contributed by atoms with Crippen molar-refractivity contribution in [3.63, 3.8) is 0 Å². The summed E-state index contributed by atoms with van der Waals surface area (Å²) in [5.41, 5.74) is 3.56. The summed E-state index contributed by atoms with van der Waals surface area (Å²) in [5, 5.41) is 5.32. The third-order valence-corrected chi connectivity index (χ3v) is 5.17. The molecule has 0 spiro atoms. The Labute approximate surface area is 202 Å². The number of ether oxygens (including phenoxy) is 3. The molecule has 1 aliphatic rings. The van der Waals surface area contributed by atoms with Gasteiger partial charge in [0.2, 0.25) is 5.91 Å². The fraction of sp³-hybridized carbons (Fsp3) is 0.826. The van der Waals surface area contributed by atoms with Gasteiger partial charge >= 0.3 is 18.2 Å². The van der Waals surface area contributed by atoms with Crippen LogP contribution in [0.5, 0.6) is 0 Å². The molecule has 4 N–H and O–H groups in total. The fourth-order valence-corrected chi connectivity index (χ4v) is 3.54. The number of esters is 1. The van der Waals surface area contributed by atoms with Crippen molar-refractivity contribution in [2.45, 2.75) is 96.4 Å². The summed E-state index contributed by atoms with van der Waals surface area (Å²) in [7, 11) is 1.26. The van der Waals surface area contributed by atoms with Crippen molar-refractivity contribution in [2.24, 2.45) is 5.73 Å². The van der Waals surface area contributed by atoms with Gasteiger partial charge in [-0.25, -0.2) is 14.4 Å². The normalized spacial score (nSPS) is 16.8. The molecular formula is C23H42N4O7.